The Labute approximate surface area is 124 Å². The van der Waals surface area contributed by atoms with Gasteiger partial charge >= 0.3 is 6.18 Å². The number of rotatable bonds is 1. The van der Waals surface area contributed by atoms with Gasteiger partial charge < -0.3 is 9.67 Å². The molecule has 1 aromatic heterocycles. The second-order valence-corrected chi connectivity index (χ2v) is 5.56. The Morgan fingerprint density at radius 1 is 1.24 bits per heavy atom. The van der Waals surface area contributed by atoms with Gasteiger partial charge in [0.25, 0.3) is 0 Å². The third kappa shape index (κ3) is 2.56. The maximum Gasteiger partial charge on any atom is 0.417 e. The summed E-state index contributed by atoms with van der Waals surface area (Å²) in [7, 11) is 0. The van der Waals surface area contributed by atoms with Gasteiger partial charge in [-0.15, -0.1) is 0 Å². The standard InChI is InChI=1S/C15H13ClF3NO/c16-12-5-4-9(8-11(12)15(17,18)19)20-7-6-10-13(20)2-1-3-14(10)21/h4-8,14,21H,1-3H2. The van der Waals surface area contributed by atoms with E-state index in [0.29, 0.717) is 12.1 Å². The molecule has 21 heavy (non-hydrogen) atoms. The van der Waals surface area contributed by atoms with Crippen LogP contribution in [0.3, 0.4) is 0 Å². The molecule has 1 aromatic carbocycles. The van der Waals surface area contributed by atoms with Gasteiger partial charge in [0.05, 0.1) is 16.7 Å². The van der Waals surface area contributed by atoms with E-state index in [0.717, 1.165) is 30.2 Å². The average Bonchev–Trinajstić information content (AvgIpc) is 2.83. The van der Waals surface area contributed by atoms with E-state index in [-0.39, 0.29) is 5.02 Å². The molecule has 1 unspecified atom stereocenters. The first-order valence-electron chi connectivity index (χ1n) is 6.63. The highest BCUT2D eigenvalue weighted by molar-refractivity contribution is 6.31. The lowest BCUT2D eigenvalue weighted by atomic mass is 9.95. The molecule has 0 saturated heterocycles. The highest BCUT2D eigenvalue weighted by Gasteiger charge is 2.33. The first kappa shape index (κ1) is 14.5. The van der Waals surface area contributed by atoms with Gasteiger partial charge in [-0.2, -0.15) is 13.2 Å². The molecule has 6 heteroatoms. The zero-order valence-corrected chi connectivity index (χ0v) is 11.7. The van der Waals surface area contributed by atoms with Crippen LogP contribution in [0.5, 0.6) is 0 Å². The lowest BCUT2D eigenvalue weighted by Gasteiger charge is -2.20. The number of nitrogens with zero attached hydrogens (tertiary/aromatic N) is 1. The number of fused-ring (bicyclic) bond motifs is 1. The molecule has 1 atom stereocenters. The molecule has 1 N–H and O–H groups in total. The van der Waals surface area contributed by atoms with Gasteiger partial charge in [0.2, 0.25) is 0 Å². The Kier molecular flexibility index (Phi) is 3.50. The molecule has 2 nitrogen and oxygen atoms in total. The second-order valence-electron chi connectivity index (χ2n) is 5.16. The smallest absolute Gasteiger partial charge is 0.388 e. The number of aliphatic hydroxyl groups excluding tert-OH is 1. The molecule has 0 amide bonds. The van der Waals surface area contributed by atoms with Crippen molar-refractivity contribution in [3.8, 4) is 5.69 Å². The van der Waals surface area contributed by atoms with Crippen LogP contribution in [0.2, 0.25) is 5.02 Å². The number of hydrogen-bond acceptors (Lipinski definition) is 1. The maximum absolute atomic E-state index is 12.9. The molecule has 0 aliphatic heterocycles. The van der Waals surface area contributed by atoms with Gasteiger partial charge in [-0.25, -0.2) is 0 Å². The van der Waals surface area contributed by atoms with E-state index in [1.165, 1.54) is 6.07 Å². The Hall–Kier alpha value is -1.46. The second kappa shape index (κ2) is 5.07. The third-order valence-corrected chi connectivity index (χ3v) is 4.14. The molecule has 3 rings (SSSR count). The summed E-state index contributed by atoms with van der Waals surface area (Å²) in [5.74, 6) is 0. The SMILES string of the molecule is OC1CCCc2c1ccn2-c1ccc(Cl)c(C(F)(F)F)c1. The minimum atomic E-state index is -4.49. The van der Waals surface area contributed by atoms with Crippen LogP contribution >= 0.6 is 11.6 Å². The predicted molar refractivity (Wildman–Crippen MR) is 73.7 cm³/mol. The van der Waals surface area contributed by atoms with E-state index < -0.39 is 17.8 Å². The van der Waals surface area contributed by atoms with E-state index in [1.807, 2.05) is 0 Å². The van der Waals surface area contributed by atoms with Crippen molar-refractivity contribution >= 4 is 11.6 Å². The summed E-state index contributed by atoms with van der Waals surface area (Å²) in [4.78, 5) is 0. The quantitative estimate of drug-likeness (QED) is 0.822. The minimum absolute atomic E-state index is 0.313. The highest BCUT2D eigenvalue weighted by atomic mass is 35.5. The van der Waals surface area contributed by atoms with Gasteiger partial charge in [0.15, 0.2) is 0 Å². The summed E-state index contributed by atoms with van der Waals surface area (Å²) in [5.41, 5.74) is 1.22. The number of aromatic nitrogens is 1. The predicted octanol–water partition coefficient (Wildman–Crippen LogP) is 4.52. The van der Waals surface area contributed by atoms with Crippen LogP contribution in [0, 0.1) is 0 Å². The van der Waals surface area contributed by atoms with Gasteiger partial charge in [-0.1, -0.05) is 11.6 Å². The zero-order valence-electron chi connectivity index (χ0n) is 11.0. The summed E-state index contributed by atoms with van der Waals surface area (Å²) < 4.78 is 40.5. The molecule has 1 aliphatic rings. The molecular formula is C15H13ClF3NO. The lowest BCUT2D eigenvalue weighted by molar-refractivity contribution is -0.137. The van der Waals surface area contributed by atoms with Crippen LogP contribution in [0.15, 0.2) is 30.5 Å². The van der Waals surface area contributed by atoms with Crippen molar-refractivity contribution < 1.29 is 18.3 Å². The summed E-state index contributed by atoms with van der Waals surface area (Å²) in [6, 6.07) is 5.62. The summed E-state index contributed by atoms with van der Waals surface area (Å²) in [6.45, 7) is 0. The van der Waals surface area contributed by atoms with Crippen molar-refractivity contribution in [1.29, 1.82) is 0 Å². The fourth-order valence-corrected chi connectivity index (χ4v) is 3.01. The molecule has 1 aliphatic carbocycles. The molecular weight excluding hydrogens is 303 g/mol. The van der Waals surface area contributed by atoms with E-state index in [4.69, 9.17) is 11.6 Å². The van der Waals surface area contributed by atoms with Crippen LogP contribution in [0.25, 0.3) is 5.69 Å². The van der Waals surface area contributed by atoms with Crippen molar-refractivity contribution in [2.24, 2.45) is 0 Å². The summed E-state index contributed by atoms with van der Waals surface area (Å²) in [6.07, 6.45) is -1.08. The van der Waals surface area contributed by atoms with Crippen molar-refractivity contribution in [2.75, 3.05) is 0 Å². The van der Waals surface area contributed by atoms with Crippen LogP contribution in [-0.2, 0) is 12.6 Å². The first-order chi connectivity index (χ1) is 9.88. The van der Waals surface area contributed by atoms with Crippen molar-refractivity contribution in [2.45, 2.75) is 31.5 Å². The topological polar surface area (TPSA) is 25.2 Å². The largest absolute Gasteiger partial charge is 0.417 e. The Morgan fingerprint density at radius 2 is 2.00 bits per heavy atom. The van der Waals surface area contributed by atoms with E-state index in [9.17, 15) is 18.3 Å². The van der Waals surface area contributed by atoms with Crippen LogP contribution in [-0.4, -0.2) is 9.67 Å². The highest BCUT2D eigenvalue weighted by Crippen LogP contribution is 2.37. The lowest BCUT2D eigenvalue weighted by Crippen LogP contribution is -2.12. The molecule has 0 bridgehead atoms. The molecule has 112 valence electrons. The van der Waals surface area contributed by atoms with E-state index >= 15 is 0 Å². The summed E-state index contributed by atoms with van der Waals surface area (Å²) in [5, 5.41) is 9.62. The van der Waals surface area contributed by atoms with Gasteiger partial charge in [-0.05, 0) is 43.5 Å². The number of benzene rings is 1. The molecule has 0 radical (unpaired) electrons. The average molecular weight is 316 g/mol. The number of halogens is 4. The number of aliphatic hydroxyl groups is 1. The van der Waals surface area contributed by atoms with E-state index in [1.54, 1.807) is 22.9 Å². The van der Waals surface area contributed by atoms with Crippen molar-refractivity contribution in [1.82, 2.24) is 4.57 Å². The fraction of sp³-hybridized carbons (Fsp3) is 0.333. The zero-order chi connectivity index (χ0) is 15.2. The maximum atomic E-state index is 12.9. The van der Waals surface area contributed by atoms with Gasteiger partial charge in [0.1, 0.15) is 0 Å². The van der Waals surface area contributed by atoms with Crippen molar-refractivity contribution in [3.63, 3.8) is 0 Å². The van der Waals surface area contributed by atoms with Crippen LogP contribution in [0.4, 0.5) is 13.2 Å². The fourth-order valence-electron chi connectivity index (χ4n) is 2.79. The normalized spacial score (nSPS) is 18.6. The molecule has 0 fully saturated rings. The molecule has 0 saturated carbocycles. The summed E-state index contributed by atoms with van der Waals surface area (Å²) >= 11 is 5.64. The Morgan fingerprint density at radius 3 is 2.71 bits per heavy atom. The number of alkyl halides is 3. The molecule has 2 aromatic rings. The Bertz CT molecular complexity index is 678. The molecule has 1 heterocycles. The minimum Gasteiger partial charge on any atom is -0.388 e. The monoisotopic (exact) mass is 315 g/mol. The Balaban J connectivity index is 2.10. The number of hydrogen-bond donors (Lipinski definition) is 1. The van der Waals surface area contributed by atoms with Crippen LogP contribution in [0.1, 0.15) is 35.8 Å². The van der Waals surface area contributed by atoms with Crippen LogP contribution < -0.4 is 0 Å². The third-order valence-electron chi connectivity index (χ3n) is 3.81. The molecule has 0 spiro atoms. The van der Waals surface area contributed by atoms with Gasteiger partial charge in [-0.3, -0.25) is 0 Å². The van der Waals surface area contributed by atoms with E-state index in [2.05, 4.69) is 0 Å². The first-order valence-corrected chi connectivity index (χ1v) is 7.01. The van der Waals surface area contributed by atoms with Gasteiger partial charge in [0, 0.05) is 23.1 Å². The van der Waals surface area contributed by atoms with Crippen molar-refractivity contribution in [3.05, 3.63) is 52.3 Å².